The van der Waals surface area contributed by atoms with Crippen LogP contribution in [0.3, 0.4) is 0 Å². The largest absolute Gasteiger partial charge is 0.444 e. The maximum absolute atomic E-state index is 15.5. The summed E-state index contributed by atoms with van der Waals surface area (Å²) in [5.74, 6) is -0.222. The Morgan fingerprint density at radius 1 is 1.16 bits per heavy atom. The second-order valence-corrected chi connectivity index (χ2v) is 10.3. The molecule has 1 saturated carbocycles. The van der Waals surface area contributed by atoms with E-state index in [4.69, 9.17) is 4.74 Å². The van der Waals surface area contributed by atoms with E-state index in [2.05, 4.69) is 0 Å². The number of hydrogen-bond acceptors (Lipinski definition) is 4. The van der Waals surface area contributed by atoms with Crippen LogP contribution < -0.4 is 4.90 Å². The molecule has 3 aliphatic rings. The summed E-state index contributed by atoms with van der Waals surface area (Å²) in [6.07, 6.45) is 3.21. The molecule has 4 rings (SSSR count). The van der Waals surface area contributed by atoms with Crippen molar-refractivity contribution in [2.75, 3.05) is 25.0 Å². The van der Waals surface area contributed by atoms with E-state index in [9.17, 15) is 14.7 Å². The fourth-order valence-electron chi connectivity index (χ4n) is 5.39. The topological polar surface area (TPSA) is 70.1 Å². The predicted octanol–water partition coefficient (Wildman–Crippen LogP) is 4.09. The molecule has 1 N–H and O–H groups in total. The summed E-state index contributed by atoms with van der Waals surface area (Å²) >= 11 is 0. The van der Waals surface area contributed by atoms with Crippen LogP contribution in [0.2, 0.25) is 0 Å². The summed E-state index contributed by atoms with van der Waals surface area (Å²) in [6, 6.07) is 3.56. The zero-order valence-corrected chi connectivity index (χ0v) is 18.9. The molecule has 0 aromatic heterocycles. The van der Waals surface area contributed by atoms with Gasteiger partial charge in [0.1, 0.15) is 11.4 Å². The number of rotatable bonds is 1. The van der Waals surface area contributed by atoms with Gasteiger partial charge in [0, 0.05) is 25.7 Å². The Kier molecular flexibility index (Phi) is 5.53. The lowest BCUT2D eigenvalue weighted by Crippen LogP contribution is -2.50. The van der Waals surface area contributed by atoms with Crippen molar-refractivity contribution in [1.29, 1.82) is 0 Å². The summed E-state index contributed by atoms with van der Waals surface area (Å²) in [5.41, 5.74) is 0.528. The molecule has 6 nitrogen and oxygen atoms in total. The standard InChI is InChI=1S/C24H33FN2O4/c1-23(2,3)31-22(30)27-11-9-24(10-12-27)20-18(25)13-16(14-19(20)26(4)21(24)29)15-5-7-17(28)8-6-15/h13-15,17,28H,5-12H2,1-4H3. The van der Waals surface area contributed by atoms with Crippen LogP contribution in [0.25, 0.3) is 0 Å². The lowest BCUT2D eigenvalue weighted by Gasteiger charge is -2.38. The molecule has 0 unspecified atom stereocenters. The highest BCUT2D eigenvalue weighted by Gasteiger charge is 2.53. The first-order chi connectivity index (χ1) is 14.5. The normalized spacial score (nSPS) is 25.7. The molecule has 1 aromatic carbocycles. The minimum Gasteiger partial charge on any atom is -0.444 e. The van der Waals surface area contributed by atoms with E-state index in [1.54, 1.807) is 22.9 Å². The maximum Gasteiger partial charge on any atom is 0.410 e. The highest BCUT2D eigenvalue weighted by atomic mass is 19.1. The fraction of sp³-hybridized carbons (Fsp3) is 0.667. The van der Waals surface area contributed by atoms with Gasteiger partial charge in [0.2, 0.25) is 5.91 Å². The Labute approximate surface area is 183 Å². The predicted molar refractivity (Wildman–Crippen MR) is 116 cm³/mol. The van der Waals surface area contributed by atoms with Crippen LogP contribution in [0.15, 0.2) is 12.1 Å². The number of aliphatic hydroxyl groups excluding tert-OH is 1. The Morgan fingerprint density at radius 3 is 2.35 bits per heavy atom. The number of anilines is 1. The molecule has 7 heteroatoms. The van der Waals surface area contributed by atoms with Gasteiger partial charge < -0.3 is 19.6 Å². The van der Waals surface area contributed by atoms with Crippen LogP contribution in [0.1, 0.15) is 76.3 Å². The first-order valence-electron chi connectivity index (χ1n) is 11.3. The van der Waals surface area contributed by atoms with E-state index in [-0.39, 0.29) is 23.7 Å². The number of fused-ring (bicyclic) bond motifs is 2. The van der Waals surface area contributed by atoms with Gasteiger partial charge >= 0.3 is 6.09 Å². The van der Waals surface area contributed by atoms with Crippen molar-refractivity contribution in [3.8, 4) is 0 Å². The zero-order chi connectivity index (χ0) is 22.6. The van der Waals surface area contributed by atoms with E-state index in [0.717, 1.165) is 31.2 Å². The molecule has 0 radical (unpaired) electrons. The molecule has 2 fully saturated rings. The molecule has 0 bridgehead atoms. The van der Waals surface area contributed by atoms with E-state index >= 15 is 4.39 Å². The van der Waals surface area contributed by atoms with Gasteiger partial charge in [0.25, 0.3) is 0 Å². The number of carbonyl (C=O) groups excluding carboxylic acids is 2. The molecule has 1 aliphatic carbocycles. The van der Waals surface area contributed by atoms with Crippen LogP contribution in [-0.2, 0) is 14.9 Å². The quantitative estimate of drug-likeness (QED) is 0.726. The third-order valence-corrected chi connectivity index (χ3v) is 7.08. The second-order valence-electron chi connectivity index (χ2n) is 10.3. The molecule has 2 heterocycles. The van der Waals surface area contributed by atoms with Crippen molar-refractivity contribution in [2.24, 2.45) is 0 Å². The lowest BCUT2D eigenvalue weighted by molar-refractivity contribution is -0.124. The smallest absolute Gasteiger partial charge is 0.410 e. The first kappa shape index (κ1) is 22.1. The lowest BCUT2D eigenvalue weighted by atomic mass is 9.72. The molecule has 2 amide bonds. The Morgan fingerprint density at radius 2 is 1.77 bits per heavy atom. The highest BCUT2D eigenvalue weighted by Crippen LogP contribution is 2.50. The van der Waals surface area contributed by atoms with Gasteiger partial charge in [-0.3, -0.25) is 4.79 Å². The van der Waals surface area contributed by atoms with Crippen molar-refractivity contribution in [3.05, 3.63) is 29.1 Å². The van der Waals surface area contributed by atoms with Gasteiger partial charge in [0.05, 0.1) is 17.2 Å². The number of likely N-dealkylation sites (N-methyl/N-ethyl adjacent to an activating group) is 1. The number of halogens is 1. The Hall–Kier alpha value is -2.15. The monoisotopic (exact) mass is 432 g/mol. The van der Waals surface area contributed by atoms with E-state index < -0.39 is 17.1 Å². The Bertz CT molecular complexity index is 878. The van der Waals surface area contributed by atoms with Crippen molar-refractivity contribution in [3.63, 3.8) is 0 Å². The third-order valence-electron chi connectivity index (χ3n) is 7.08. The number of benzene rings is 1. The van der Waals surface area contributed by atoms with Gasteiger partial charge in [-0.05, 0) is 82.9 Å². The van der Waals surface area contributed by atoms with E-state index in [1.165, 1.54) is 0 Å². The van der Waals surface area contributed by atoms with Crippen LogP contribution in [0.5, 0.6) is 0 Å². The summed E-state index contributed by atoms with van der Waals surface area (Å²) in [5, 5.41) is 9.79. The molecule has 0 atom stereocenters. The fourth-order valence-corrected chi connectivity index (χ4v) is 5.39. The van der Waals surface area contributed by atoms with Crippen molar-refractivity contribution in [2.45, 2.75) is 82.3 Å². The van der Waals surface area contributed by atoms with Crippen LogP contribution in [-0.4, -0.2) is 53.8 Å². The molecular weight excluding hydrogens is 399 g/mol. The second kappa shape index (κ2) is 7.76. The van der Waals surface area contributed by atoms with E-state index in [0.29, 0.717) is 37.2 Å². The van der Waals surface area contributed by atoms with Crippen molar-refractivity contribution in [1.82, 2.24) is 4.90 Å². The summed E-state index contributed by atoms with van der Waals surface area (Å²) < 4.78 is 21.0. The first-order valence-corrected chi connectivity index (χ1v) is 11.3. The molecule has 1 aromatic rings. The number of carbonyl (C=O) groups is 2. The summed E-state index contributed by atoms with van der Waals surface area (Å²) in [7, 11) is 1.71. The number of piperidine rings is 1. The molecular formula is C24H33FN2O4. The molecule has 2 aliphatic heterocycles. The summed E-state index contributed by atoms with van der Waals surface area (Å²) in [6.45, 7) is 6.18. The number of hydrogen-bond donors (Lipinski definition) is 1. The average molecular weight is 433 g/mol. The van der Waals surface area contributed by atoms with Crippen LogP contribution in [0.4, 0.5) is 14.9 Å². The minimum absolute atomic E-state index is 0.0959. The minimum atomic E-state index is -0.923. The third kappa shape index (κ3) is 3.93. The zero-order valence-electron chi connectivity index (χ0n) is 18.9. The Balaban J connectivity index is 1.59. The maximum atomic E-state index is 15.5. The van der Waals surface area contributed by atoms with Crippen LogP contribution >= 0.6 is 0 Å². The van der Waals surface area contributed by atoms with Crippen molar-refractivity contribution < 1.29 is 23.8 Å². The van der Waals surface area contributed by atoms with Gasteiger partial charge in [-0.1, -0.05) is 0 Å². The average Bonchev–Trinajstić information content (AvgIpc) is 2.90. The number of amides is 2. The molecule has 1 saturated heterocycles. The number of aliphatic hydroxyl groups is 1. The van der Waals surface area contributed by atoms with Crippen molar-refractivity contribution >= 4 is 17.7 Å². The number of likely N-dealkylation sites (tertiary alicyclic amines) is 1. The molecule has 170 valence electrons. The van der Waals surface area contributed by atoms with Gasteiger partial charge in [-0.15, -0.1) is 0 Å². The summed E-state index contributed by atoms with van der Waals surface area (Å²) in [4.78, 5) is 29.0. The van der Waals surface area contributed by atoms with Gasteiger partial charge in [-0.2, -0.15) is 0 Å². The molecule has 1 spiro atoms. The molecule has 31 heavy (non-hydrogen) atoms. The van der Waals surface area contributed by atoms with Gasteiger partial charge in [-0.25, -0.2) is 9.18 Å². The van der Waals surface area contributed by atoms with Gasteiger partial charge in [0.15, 0.2) is 0 Å². The number of nitrogens with zero attached hydrogens (tertiary/aromatic N) is 2. The SMILES string of the molecule is CN1C(=O)C2(CCN(C(=O)OC(C)(C)C)CC2)c2c(F)cc(C3CCC(O)CC3)cc21. The highest BCUT2D eigenvalue weighted by molar-refractivity contribution is 6.08. The number of ether oxygens (including phenoxy) is 1. The van der Waals surface area contributed by atoms with E-state index in [1.807, 2.05) is 26.8 Å². The van der Waals surface area contributed by atoms with Crippen LogP contribution in [0, 0.1) is 5.82 Å².